The van der Waals surface area contributed by atoms with Crippen molar-refractivity contribution in [3.63, 3.8) is 0 Å². The summed E-state index contributed by atoms with van der Waals surface area (Å²) in [6, 6.07) is 7.19. The van der Waals surface area contributed by atoms with Gasteiger partial charge in [-0.05, 0) is 37.2 Å². The van der Waals surface area contributed by atoms with Gasteiger partial charge in [-0.3, -0.25) is 14.5 Å². The Morgan fingerprint density at radius 2 is 2.06 bits per heavy atom. The first-order valence-electron chi connectivity index (χ1n) is 10.6. The number of nitrogens with one attached hydrogen (secondary N) is 1. The maximum absolute atomic E-state index is 13.2. The number of carbonyl (C=O) groups excluding carboxylic acids is 1. The average Bonchev–Trinajstić information content (AvgIpc) is 3.45. The normalized spacial score (nSPS) is 12.4. The SMILES string of the molecule is Cc1c(CN(C)CC(O)c2nccs2)sc2c(=O)c(C(=O)NCc3ccc(Cl)cc3)cn(C)c12. The first-order chi connectivity index (χ1) is 16.2. The number of hydrogen-bond acceptors (Lipinski definition) is 7. The molecule has 0 saturated heterocycles. The standard InChI is InChI=1S/C24H25ClN4O3S2/c1-14-19(13-28(2)12-18(30)24-26-8-9-33-24)34-22-20(14)29(3)11-17(21(22)31)23(32)27-10-15-4-6-16(25)7-5-15/h4-9,11,18,30H,10,12-13H2,1-3H3,(H,27,32). The average molecular weight is 517 g/mol. The van der Waals surface area contributed by atoms with Crippen LogP contribution in [-0.4, -0.2) is 39.1 Å². The lowest BCUT2D eigenvalue weighted by atomic mass is 10.1. The molecule has 0 spiro atoms. The fraction of sp³-hybridized carbons (Fsp3) is 0.292. The molecule has 0 radical (unpaired) electrons. The zero-order valence-electron chi connectivity index (χ0n) is 19.0. The number of thiazole rings is 1. The van der Waals surface area contributed by atoms with Crippen LogP contribution in [-0.2, 0) is 20.1 Å². The molecule has 34 heavy (non-hydrogen) atoms. The molecular weight excluding hydrogens is 492 g/mol. The molecule has 3 heterocycles. The van der Waals surface area contributed by atoms with Gasteiger partial charge in [0.1, 0.15) is 16.7 Å². The van der Waals surface area contributed by atoms with E-state index in [9.17, 15) is 14.7 Å². The van der Waals surface area contributed by atoms with Gasteiger partial charge < -0.3 is 15.0 Å². The molecule has 0 fully saturated rings. The Balaban J connectivity index is 1.54. The van der Waals surface area contributed by atoms with Gasteiger partial charge in [0.15, 0.2) is 0 Å². The fourth-order valence-electron chi connectivity index (χ4n) is 3.84. The molecule has 4 aromatic rings. The van der Waals surface area contributed by atoms with Crippen LogP contribution in [0.5, 0.6) is 0 Å². The number of amides is 1. The van der Waals surface area contributed by atoms with E-state index in [1.165, 1.54) is 22.7 Å². The lowest BCUT2D eigenvalue weighted by Crippen LogP contribution is -2.29. The number of thiophene rings is 1. The Hall–Kier alpha value is -2.56. The summed E-state index contributed by atoms with van der Waals surface area (Å²) in [6.07, 6.45) is 2.61. The van der Waals surface area contributed by atoms with Crippen molar-refractivity contribution in [2.75, 3.05) is 13.6 Å². The molecule has 0 aliphatic heterocycles. The Morgan fingerprint density at radius 3 is 2.74 bits per heavy atom. The van der Waals surface area contributed by atoms with Crippen molar-refractivity contribution in [3.05, 3.63) is 83.9 Å². The maximum Gasteiger partial charge on any atom is 0.257 e. The highest BCUT2D eigenvalue weighted by atomic mass is 35.5. The zero-order valence-corrected chi connectivity index (χ0v) is 21.4. The van der Waals surface area contributed by atoms with Gasteiger partial charge in [-0.1, -0.05) is 23.7 Å². The second-order valence-corrected chi connectivity index (χ2v) is 10.7. The van der Waals surface area contributed by atoms with Crippen LogP contribution in [0.4, 0.5) is 0 Å². The number of benzene rings is 1. The van der Waals surface area contributed by atoms with Crippen molar-refractivity contribution < 1.29 is 9.90 Å². The number of fused-ring (bicyclic) bond motifs is 1. The molecular formula is C24H25ClN4O3S2. The fourth-order valence-corrected chi connectivity index (χ4v) is 5.96. The quantitative estimate of drug-likeness (QED) is 0.368. The smallest absolute Gasteiger partial charge is 0.257 e. The number of aryl methyl sites for hydroxylation is 2. The number of aliphatic hydroxyl groups is 1. The molecule has 4 rings (SSSR count). The van der Waals surface area contributed by atoms with E-state index in [1.54, 1.807) is 24.5 Å². The summed E-state index contributed by atoms with van der Waals surface area (Å²) in [6.45, 7) is 3.29. The Labute approximate surface area is 210 Å². The van der Waals surface area contributed by atoms with E-state index in [1.807, 2.05) is 48.0 Å². The van der Waals surface area contributed by atoms with Crippen molar-refractivity contribution >= 4 is 50.4 Å². The minimum absolute atomic E-state index is 0.115. The van der Waals surface area contributed by atoms with E-state index in [4.69, 9.17) is 11.6 Å². The van der Waals surface area contributed by atoms with Gasteiger partial charge in [0.25, 0.3) is 5.91 Å². The van der Waals surface area contributed by atoms with Crippen LogP contribution in [0, 0.1) is 6.92 Å². The predicted octanol–water partition coefficient (Wildman–Crippen LogP) is 4.11. The van der Waals surface area contributed by atoms with Crippen LogP contribution in [0.1, 0.15) is 37.5 Å². The first kappa shape index (κ1) is 24.6. The number of aromatic nitrogens is 2. The van der Waals surface area contributed by atoms with E-state index in [2.05, 4.69) is 10.3 Å². The minimum atomic E-state index is -0.665. The molecule has 3 aromatic heterocycles. The third-order valence-corrected chi connectivity index (χ3v) is 7.98. The van der Waals surface area contributed by atoms with Crippen molar-refractivity contribution in [3.8, 4) is 0 Å². The lowest BCUT2D eigenvalue weighted by Gasteiger charge is -2.19. The van der Waals surface area contributed by atoms with Gasteiger partial charge in [-0.25, -0.2) is 4.98 Å². The molecule has 1 amide bonds. The number of carbonyl (C=O) groups is 1. The molecule has 10 heteroatoms. The highest BCUT2D eigenvalue weighted by Crippen LogP contribution is 2.30. The topological polar surface area (TPSA) is 87.5 Å². The minimum Gasteiger partial charge on any atom is -0.385 e. The summed E-state index contributed by atoms with van der Waals surface area (Å²) in [5.74, 6) is -0.409. The van der Waals surface area contributed by atoms with E-state index in [-0.39, 0.29) is 11.0 Å². The number of rotatable bonds is 8. The number of aliphatic hydroxyl groups excluding tert-OH is 1. The lowest BCUT2D eigenvalue weighted by molar-refractivity contribution is 0.0949. The van der Waals surface area contributed by atoms with Crippen LogP contribution in [0.15, 0.2) is 46.8 Å². The van der Waals surface area contributed by atoms with Gasteiger partial charge in [-0.2, -0.15) is 0 Å². The van der Waals surface area contributed by atoms with Crippen LogP contribution in [0.2, 0.25) is 5.02 Å². The molecule has 0 aliphatic rings. The molecule has 178 valence electrons. The molecule has 1 unspecified atom stereocenters. The van der Waals surface area contributed by atoms with Crippen LogP contribution >= 0.6 is 34.3 Å². The number of hydrogen-bond donors (Lipinski definition) is 2. The zero-order chi connectivity index (χ0) is 24.4. The summed E-state index contributed by atoms with van der Waals surface area (Å²) in [5, 5.41) is 16.4. The summed E-state index contributed by atoms with van der Waals surface area (Å²) in [4.78, 5) is 33.2. The molecule has 2 N–H and O–H groups in total. The second kappa shape index (κ2) is 10.4. The molecule has 1 atom stereocenters. The van der Waals surface area contributed by atoms with Gasteiger partial charge in [-0.15, -0.1) is 22.7 Å². The van der Waals surface area contributed by atoms with Gasteiger partial charge in [0, 0.05) is 54.4 Å². The summed E-state index contributed by atoms with van der Waals surface area (Å²) < 4.78 is 2.40. The third kappa shape index (κ3) is 5.24. The summed E-state index contributed by atoms with van der Waals surface area (Å²) >= 11 is 8.73. The maximum atomic E-state index is 13.2. The largest absolute Gasteiger partial charge is 0.385 e. The van der Waals surface area contributed by atoms with Crippen LogP contribution in [0.3, 0.4) is 0 Å². The highest BCUT2D eigenvalue weighted by Gasteiger charge is 2.21. The van der Waals surface area contributed by atoms with Gasteiger partial charge in [0.2, 0.25) is 5.43 Å². The Bertz CT molecular complexity index is 1360. The van der Waals surface area contributed by atoms with Crippen LogP contribution in [0.25, 0.3) is 10.2 Å². The number of nitrogens with zero attached hydrogens (tertiary/aromatic N) is 3. The Kier molecular flexibility index (Phi) is 7.49. The monoisotopic (exact) mass is 516 g/mol. The molecule has 0 bridgehead atoms. The van der Waals surface area contributed by atoms with Crippen molar-refractivity contribution in [2.24, 2.45) is 7.05 Å². The van der Waals surface area contributed by atoms with Crippen molar-refractivity contribution in [1.82, 2.24) is 19.8 Å². The van der Waals surface area contributed by atoms with Gasteiger partial charge >= 0.3 is 0 Å². The number of pyridine rings is 1. The molecule has 0 saturated carbocycles. The van der Waals surface area contributed by atoms with E-state index >= 15 is 0 Å². The Morgan fingerprint density at radius 1 is 1.32 bits per heavy atom. The van der Waals surface area contributed by atoms with Crippen molar-refractivity contribution in [1.29, 1.82) is 0 Å². The number of likely N-dealkylation sites (N-methyl/N-ethyl adjacent to an activating group) is 1. The van der Waals surface area contributed by atoms with Gasteiger partial charge in [0.05, 0.1) is 10.2 Å². The predicted molar refractivity (Wildman–Crippen MR) is 138 cm³/mol. The highest BCUT2D eigenvalue weighted by molar-refractivity contribution is 7.19. The molecule has 1 aromatic carbocycles. The van der Waals surface area contributed by atoms with E-state index in [0.29, 0.717) is 34.4 Å². The van der Waals surface area contributed by atoms with Crippen LogP contribution < -0.4 is 10.7 Å². The summed E-state index contributed by atoms with van der Waals surface area (Å²) in [5.41, 5.74) is 2.57. The second-order valence-electron chi connectivity index (χ2n) is 8.20. The van der Waals surface area contributed by atoms with E-state index in [0.717, 1.165) is 21.5 Å². The number of halogens is 1. The van der Waals surface area contributed by atoms with Crippen molar-refractivity contribution in [2.45, 2.75) is 26.1 Å². The molecule has 0 aliphatic carbocycles. The first-order valence-corrected chi connectivity index (χ1v) is 12.7. The van der Waals surface area contributed by atoms with E-state index < -0.39 is 12.0 Å². The third-order valence-electron chi connectivity index (χ3n) is 5.59. The summed E-state index contributed by atoms with van der Waals surface area (Å²) in [7, 11) is 3.77. The molecule has 7 nitrogen and oxygen atoms in total.